The monoisotopic (exact) mass is 391 g/mol. The van der Waals surface area contributed by atoms with Crippen LogP contribution in [0.25, 0.3) is 0 Å². The summed E-state index contributed by atoms with van der Waals surface area (Å²) in [6.07, 6.45) is 0. The van der Waals surface area contributed by atoms with Crippen molar-refractivity contribution >= 4 is 33.2 Å². The van der Waals surface area contributed by atoms with Crippen LogP contribution < -0.4 is 20.1 Å². The van der Waals surface area contributed by atoms with Crippen molar-refractivity contribution in [2.45, 2.75) is 6.92 Å². The number of methoxy groups -OCH3 is 1. The third-order valence-electron chi connectivity index (χ3n) is 3.46. The fourth-order valence-corrected chi connectivity index (χ4v) is 3.20. The molecule has 2 amide bonds. The van der Waals surface area contributed by atoms with E-state index in [2.05, 4.69) is 15.4 Å². The van der Waals surface area contributed by atoms with Crippen molar-refractivity contribution in [1.82, 2.24) is 5.32 Å². The summed E-state index contributed by atoms with van der Waals surface area (Å²) in [5.41, 5.74) is 1.21. The van der Waals surface area contributed by atoms with Crippen LogP contribution in [0.15, 0.2) is 48.5 Å². The largest absolute Gasteiger partial charge is 0.497 e. The van der Waals surface area contributed by atoms with Gasteiger partial charge in [-0.2, -0.15) is 0 Å². The van der Waals surface area contributed by atoms with Gasteiger partial charge in [0, 0.05) is 24.7 Å². The van der Waals surface area contributed by atoms with Crippen molar-refractivity contribution < 1.29 is 22.7 Å². The maximum atomic E-state index is 12.2. The quantitative estimate of drug-likeness (QED) is 0.635. The molecule has 8 nitrogen and oxygen atoms in total. The Hall–Kier alpha value is -3.07. The number of hydrogen-bond acceptors (Lipinski definition) is 5. The summed E-state index contributed by atoms with van der Waals surface area (Å²) >= 11 is 0. The van der Waals surface area contributed by atoms with E-state index in [1.165, 1.54) is 20.1 Å². The zero-order valence-corrected chi connectivity index (χ0v) is 15.8. The molecule has 0 aliphatic rings. The lowest BCUT2D eigenvalue weighted by Gasteiger charge is -2.10. The minimum atomic E-state index is -3.67. The summed E-state index contributed by atoms with van der Waals surface area (Å²) < 4.78 is 31.8. The number of ether oxygens (including phenoxy) is 1. The Bertz CT molecular complexity index is 911. The van der Waals surface area contributed by atoms with E-state index in [0.29, 0.717) is 22.7 Å². The van der Waals surface area contributed by atoms with Crippen LogP contribution in [0, 0.1) is 0 Å². The fourth-order valence-electron chi connectivity index (χ4n) is 2.24. The molecular formula is C18H21N3O5S. The van der Waals surface area contributed by atoms with Crippen LogP contribution in [0.2, 0.25) is 0 Å². The molecule has 0 unspecified atom stereocenters. The predicted molar refractivity (Wildman–Crippen MR) is 103 cm³/mol. The third-order valence-corrected chi connectivity index (χ3v) is 4.75. The molecule has 0 aliphatic carbocycles. The molecule has 27 heavy (non-hydrogen) atoms. The normalized spacial score (nSPS) is 10.7. The molecule has 0 atom stereocenters. The Labute approximate surface area is 158 Å². The van der Waals surface area contributed by atoms with E-state index in [9.17, 15) is 18.0 Å². The van der Waals surface area contributed by atoms with E-state index >= 15 is 0 Å². The zero-order valence-electron chi connectivity index (χ0n) is 15.0. The highest BCUT2D eigenvalue weighted by molar-refractivity contribution is 7.92. The lowest BCUT2D eigenvalue weighted by Crippen LogP contribution is -2.31. The van der Waals surface area contributed by atoms with Crippen LogP contribution in [0.3, 0.4) is 0 Å². The van der Waals surface area contributed by atoms with E-state index < -0.39 is 10.0 Å². The lowest BCUT2D eigenvalue weighted by atomic mass is 10.2. The van der Waals surface area contributed by atoms with Gasteiger partial charge in [0.1, 0.15) is 5.75 Å². The molecule has 0 aromatic heterocycles. The minimum absolute atomic E-state index is 0.0500. The highest BCUT2D eigenvalue weighted by atomic mass is 32.2. The smallest absolute Gasteiger partial charge is 0.251 e. The van der Waals surface area contributed by atoms with Gasteiger partial charge in [0.25, 0.3) is 5.91 Å². The van der Waals surface area contributed by atoms with Gasteiger partial charge in [-0.3, -0.25) is 14.3 Å². The average Bonchev–Trinajstić information content (AvgIpc) is 2.61. The van der Waals surface area contributed by atoms with Crippen molar-refractivity contribution in [2.75, 3.05) is 29.4 Å². The molecule has 0 spiro atoms. The van der Waals surface area contributed by atoms with E-state index in [-0.39, 0.29) is 24.1 Å². The van der Waals surface area contributed by atoms with Crippen LogP contribution in [0.5, 0.6) is 5.75 Å². The molecule has 0 radical (unpaired) electrons. The molecule has 0 saturated heterocycles. The van der Waals surface area contributed by atoms with Crippen LogP contribution in [-0.2, 0) is 14.8 Å². The minimum Gasteiger partial charge on any atom is -0.497 e. The van der Waals surface area contributed by atoms with Gasteiger partial charge in [-0.15, -0.1) is 0 Å². The Morgan fingerprint density at radius 3 is 2.33 bits per heavy atom. The number of anilines is 2. The molecule has 2 aromatic rings. The fraction of sp³-hybridized carbons (Fsp3) is 0.222. The highest BCUT2D eigenvalue weighted by Crippen LogP contribution is 2.16. The molecule has 0 heterocycles. The standard InChI is InChI=1S/C18H21N3O5S/c1-13(22)20-15-4-3-5-16(12-15)21-27(24,25)11-10-19-18(23)14-6-8-17(26-2)9-7-14/h3-9,12,21H,10-11H2,1-2H3,(H,19,23)(H,20,22). The number of nitrogens with one attached hydrogen (secondary N) is 3. The first kappa shape index (κ1) is 20.2. The number of carbonyl (C=O) groups excluding carboxylic acids is 2. The van der Waals surface area contributed by atoms with Gasteiger partial charge in [0.15, 0.2) is 0 Å². The maximum Gasteiger partial charge on any atom is 0.251 e. The lowest BCUT2D eigenvalue weighted by molar-refractivity contribution is -0.114. The van der Waals surface area contributed by atoms with Gasteiger partial charge in [-0.25, -0.2) is 8.42 Å². The van der Waals surface area contributed by atoms with Crippen LogP contribution in [0.1, 0.15) is 17.3 Å². The summed E-state index contributed by atoms with van der Waals surface area (Å²) in [7, 11) is -2.14. The molecule has 0 fully saturated rings. The van der Waals surface area contributed by atoms with Crippen molar-refractivity contribution in [1.29, 1.82) is 0 Å². The SMILES string of the molecule is COc1ccc(C(=O)NCCS(=O)(=O)Nc2cccc(NC(C)=O)c2)cc1. The predicted octanol–water partition coefficient (Wildman–Crippen LogP) is 1.83. The topological polar surface area (TPSA) is 114 Å². The second kappa shape index (κ2) is 9.04. The number of carbonyl (C=O) groups is 2. The number of amides is 2. The van der Waals surface area contributed by atoms with Gasteiger partial charge >= 0.3 is 0 Å². The third kappa shape index (κ3) is 6.63. The Balaban J connectivity index is 1.88. The summed E-state index contributed by atoms with van der Waals surface area (Å²) in [6.45, 7) is 1.31. The second-order valence-corrected chi connectivity index (χ2v) is 7.51. The van der Waals surface area contributed by atoms with E-state index in [1.807, 2.05) is 0 Å². The number of hydrogen-bond donors (Lipinski definition) is 3. The molecule has 0 aliphatic heterocycles. The summed E-state index contributed by atoms with van der Waals surface area (Å²) in [5, 5.41) is 5.14. The highest BCUT2D eigenvalue weighted by Gasteiger charge is 2.12. The molecule has 0 saturated carbocycles. The first-order valence-electron chi connectivity index (χ1n) is 8.09. The molecular weight excluding hydrogens is 370 g/mol. The van der Waals surface area contributed by atoms with Gasteiger partial charge in [0.05, 0.1) is 18.6 Å². The van der Waals surface area contributed by atoms with Crippen LogP contribution in [0.4, 0.5) is 11.4 Å². The number of benzene rings is 2. The van der Waals surface area contributed by atoms with Crippen molar-refractivity contribution in [3.05, 3.63) is 54.1 Å². The molecule has 144 valence electrons. The van der Waals surface area contributed by atoms with Gasteiger partial charge in [-0.05, 0) is 42.5 Å². The van der Waals surface area contributed by atoms with Crippen molar-refractivity contribution in [2.24, 2.45) is 0 Å². The molecule has 9 heteroatoms. The Morgan fingerprint density at radius 1 is 1.04 bits per heavy atom. The van der Waals surface area contributed by atoms with E-state index in [4.69, 9.17) is 4.74 Å². The second-order valence-electron chi connectivity index (χ2n) is 5.67. The van der Waals surface area contributed by atoms with Gasteiger partial charge < -0.3 is 15.4 Å². The molecule has 0 bridgehead atoms. The summed E-state index contributed by atoms with van der Waals surface area (Å²) in [4.78, 5) is 23.1. The summed E-state index contributed by atoms with van der Waals surface area (Å²) in [6, 6.07) is 12.8. The van der Waals surface area contributed by atoms with Crippen molar-refractivity contribution in [3.63, 3.8) is 0 Å². The van der Waals surface area contributed by atoms with E-state index in [0.717, 1.165) is 0 Å². The van der Waals surface area contributed by atoms with Gasteiger partial charge in [0.2, 0.25) is 15.9 Å². The van der Waals surface area contributed by atoms with Crippen LogP contribution in [-0.4, -0.2) is 39.6 Å². The van der Waals surface area contributed by atoms with Gasteiger partial charge in [-0.1, -0.05) is 6.07 Å². The zero-order chi connectivity index (χ0) is 19.9. The van der Waals surface area contributed by atoms with Crippen LogP contribution >= 0.6 is 0 Å². The number of rotatable bonds is 8. The first-order valence-corrected chi connectivity index (χ1v) is 9.75. The maximum absolute atomic E-state index is 12.2. The Morgan fingerprint density at radius 2 is 1.70 bits per heavy atom. The van der Waals surface area contributed by atoms with E-state index in [1.54, 1.807) is 42.5 Å². The molecule has 2 aromatic carbocycles. The molecule has 3 N–H and O–H groups in total. The average molecular weight is 391 g/mol. The Kier molecular flexibility index (Phi) is 6.78. The summed E-state index contributed by atoms with van der Waals surface area (Å²) in [5.74, 6) is -0.296. The molecule has 2 rings (SSSR count). The van der Waals surface area contributed by atoms with Crippen molar-refractivity contribution in [3.8, 4) is 5.75 Å². The number of sulfonamides is 1. The first-order chi connectivity index (χ1) is 12.8.